The molecule has 0 saturated carbocycles. The maximum atomic E-state index is 2.48. The summed E-state index contributed by atoms with van der Waals surface area (Å²) in [6.07, 6.45) is 0. The molecule has 0 radical (unpaired) electrons. The third kappa shape index (κ3) is 7.98. The first-order chi connectivity index (χ1) is 32.3. The van der Waals surface area contributed by atoms with Crippen molar-refractivity contribution in [2.75, 3.05) is 9.80 Å². The summed E-state index contributed by atoms with van der Waals surface area (Å²) in [5.74, 6) is 0. The third-order valence-corrected chi connectivity index (χ3v) is 14.3. The number of nitrogens with zero attached hydrogens (tertiary/aromatic N) is 2. The van der Waals surface area contributed by atoms with E-state index in [1.807, 2.05) is 0 Å². The van der Waals surface area contributed by atoms with Gasteiger partial charge in [0.15, 0.2) is 0 Å². The number of hydrogen-bond donors (Lipinski definition) is 0. The standard InChI is InChI=1S/C66H66N2/c1-63(2,3)43-25-33-47(34-26-43)67(48-35-27-44(28-36-48)64(4,5)6)59-41-57-51-19-13-14-20-52(51)58-42-60(54-22-16-18-24-56(54)62(58)61(57)55-23-17-15-21-53(55)59)68(49-37-29-45(30-38-49)65(7,8)9)50-39-31-46(32-40-50)66(10,11)12/h13-42H,1-12H3. The molecule has 10 aromatic rings. The Kier molecular flexibility index (Phi) is 10.8. The molecular formula is C66H66N2. The minimum atomic E-state index is 0.0424. The monoisotopic (exact) mass is 887 g/mol. The van der Waals surface area contributed by atoms with E-state index in [2.05, 4.69) is 275 Å². The summed E-state index contributed by atoms with van der Waals surface area (Å²) in [5, 5.41) is 12.4. The number of hydrogen-bond acceptors (Lipinski definition) is 2. The van der Waals surface area contributed by atoms with Crippen LogP contribution in [0.3, 0.4) is 0 Å². The fourth-order valence-electron chi connectivity index (χ4n) is 10.3. The van der Waals surface area contributed by atoms with Gasteiger partial charge in [0.1, 0.15) is 0 Å². The van der Waals surface area contributed by atoms with E-state index < -0.39 is 0 Å². The van der Waals surface area contributed by atoms with Gasteiger partial charge in [-0.3, -0.25) is 0 Å². The molecule has 0 unspecified atom stereocenters. The van der Waals surface area contributed by atoms with Gasteiger partial charge in [-0.1, -0.05) is 204 Å². The van der Waals surface area contributed by atoms with Gasteiger partial charge in [-0.05, 0) is 148 Å². The lowest BCUT2D eigenvalue weighted by Gasteiger charge is -2.31. The van der Waals surface area contributed by atoms with Crippen LogP contribution in [0.25, 0.3) is 53.9 Å². The van der Waals surface area contributed by atoms with Gasteiger partial charge in [0.25, 0.3) is 0 Å². The maximum Gasteiger partial charge on any atom is 0.0546 e. The Labute approximate surface area is 404 Å². The van der Waals surface area contributed by atoms with Crippen molar-refractivity contribution in [3.63, 3.8) is 0 Å². The molecule has 340 valence electrons. The highest BCUT2D eigenvalue weighted by Crippen LogP contribution is 2.51. The highest BCUT2D eigenvalue weighted by Gasteiger charge is 2.26. The van der Waals surface area contributed by atoms with Crippen molar-refractivity contribution >= 4 is 88.0 Å². The summed E-state index contributed by atoms with van der Waals surface area (Å²) in [5.41, 5.74) is 12.3. The first-order valence-electron chi connectivity index (χ1n) is 24.5. The highest BCUT2D eigenvalue weighted by molar-refractivity contribution is 6.38. The lowest BCUT2D eigenvalue weighted by Crippen LogP contribution is -2.15. The average Bonchev–Trinajstić information content (AvgIpc) is 3.31. The Hall–Kier alpha value is -6.90. The molecule has 68 heavy (non-hydrogen) atoms. The molecular weight excluding hydrogens is 821 g/mol. The minimum Gasteiger partial charge on any atom is -0.310 e. The van der Waals surface area contributed by atoms with E-state index in [0.717, 1.165) is 34.1 Å². The molecule has 0 heterocycles. The summed E-state index contributed by atoms with van der Waals surface area (Å²) in [6.45, 7) is 27.5. The van der Waals surface area contributed by atoms with Gasteiger partial charge in [-0.25, -0.2) is 0 Å². The molecule has 0 aliphatic heterocycles. The van der Waals surface area contributed by atoms with E-state index in [1.165, 1.54) is 76.1 Å². The van der Waals surface area contributed by atoms with Crippen molar-refractivity contribution in [1.29, 1.82) is 0 Å². The number of rotatable bonds is 6. The molecule has 10 aromatic carbocycles. The Morgan fingerprint density at radius 2 is 0.456 bits per heavy atom. The topological polar surface area (TPSA) is 6.48 Å². The van der Waals surface area contributed by atoms with Crippen molar-refractivity contribution in [3.8, 4) is 0 Å². The van der Waals surface area contributed by atoms with Crippen molar-refractivity contribution in [2.45, 2.75) is 105 Å². The molecule has 0 spiro atoms. The van der Waals surface area contributed by atoms with Crippen molar-refractivity contribution in [3.05, 3.63) is 204 Å². The van der Waals surface area contributed by atoms with Crippen LogP contribution in [-0.4, -0.2) is 0 Å². The lowest BCUT2D eigenvalue weighted by molar-refractivity contribution is 0.590. The van der Waals surface area contributed by atoms with E-state index in [0.29, 0.717) is 0 Å². The molecule has 10 rings (SSSR count). The molecule has 0 fully saturated rings. The lowest BCUT2D eigenvalue weighted by atomic mass is 9.86. The predicted molar refractivity (Wildman–Crippen MR) is 298 cm³/mol. The van der Waals surface area contributed by atoms with Crippen LogP contribution < -0.4 is 9.80 Å². The molecule has 0 saturated heterocycles. The second-order valence-corrected chi connectivity index (χ2v) is 23.1. The second-order valence-electron chi connectivity index (χ2n) is 23.1. The number of benzene rings is 10. The number of fused-ring (bicyclic) bond motifs is 10. The fourth-order valence-corrected chi connectivity index (χ4v) is 10.3. The van der Waals surface area contributed by atoms with Crippen LogP contribution >= 0.6 is 0 Å². The van der Waals surface area contributed by atoms with Crippen LogP contribution in [0.4, 0.5) is 34.1 Å². The molecule has 2 nitrogen and oxygen atoms in total. The predicted octanol–water partition coefficient (Wildman–Crippen LogP) is 19.6. The van der Waals surface area contributed by atoms with Gasteiger partial charge in [0, 0.05) is 33.5 Å². The quantitative estimate of drug-likeness (QED) is 0.154. The molecule has 0 aliphatic rings. The summed E-state index contributed by atoms with van der Waals surface area (Å²) < 4.78 is 0. The van der Waals surface area contributed by atoms with E-state index in [9.17, 15) is 0 Å². The van der Waals surface area contributed by atoms with Gasteiger partial charge in [-0.15, -0.1) is 0 Å². The van der Waals surface area contributed by atoms with Gasteiger partial charge in [0.05, 0.1) is 11.4 Å². The first kappa shape index (κ1) is 44.9. The van der Waals surface area contributed by atoms with Crippen LogP contribution in [0, 0.1) is 0 Å². The zero-order chi connectivity index (χ0) is 47.9. The van der Waals surface area contributed by atoms with E-state index in [4.69, 9.17) is 0 Å². The van der Waals surface area contributed by atoms with Gasteiger partial charge in [0.2, 0.25) is 0 Å². The number of anilines is 6. The molecule has 2 heteroatoms. The third-order valence-electron chi connectivity index (χ3n) is 14.3. The van der Waals surface area contributed by atoms with E-state index in [-0.39, 0.29) is 21.7 Å². The highest BCUT2D eigenvalue weighted by atomic mass is 15.1. The van der Waals surface area contributed by atoms with Crippen molar-refractivity contribution < 1.29 is 0 Å². The Morgan fingerprint density at radius 1 is 0.235 bits per heavy atom. The van der Waals surface area contributed by atoms with E-state index >= 15 is 0 Å². The normalized spacial score (nSPS) is 12.7. The molecule has 0 bridgehead atoms. The summed E-state index contributed by atoms with van der Waals surface area (Å²) in [7, 11) is 0. The Bertz CT molecular complexity index is 3140. The van der Waals surface area contributed by atoms with Gasteiger partial charge in [-0.2, -0.15) is 0 Å². The van der Waals surface area contributed by atoms with Crippen LogP contribution in [0.1, 0.15) is 105 Å². The molecule has 0 amide bonds. The Balaban J connectivity index is 1.29. The molecule has 0 N–H and O–H groups in total. The zero-order valence-corrected chi connectivity index (χ0v) is 42.2. The van der Waals surface area contributed by atoms with Crippen molar-refractivity contribution in [2.24, 2.45) is 0 Å². The second kappa shape index (κ2) is 16.4. The molecule has 0 aliphatic carbocycles. The van der Waals surface area contributed by atoms with Crippen LogP contribution in [0.5, 0.6) is 0 Å². The smallest absolute Gasteiger partial charge is 0.0546 e. The van der Waals surface area contributed by atoms with E-state index in [1.54, 1.807) is 0 Å². The fraction of sp³-hybridized carbons (Fsp3) is 0.242. The van der Waals surface area contributed by atoms with Crippen LogP contribution in [-0.2, 0) is 21.7 Å². The van der Waals surface area contributed by atoms with Gasteiger partial charge >= 0.3 is 0 Å². The largest absolute Gasteiger partial charge is 0.310 e. The summed E-state index contributed by atoms with van der Waals surface area (Å²) >= 11 is 0. The Morgan fingerprint density at radius 3 is 0.691 bits per heavy atom. The van der Waals surface area contributed by atoms with Gasteiger partial charge < -0.3 is 9.80 Å². The SMILES string of the molecule is CC(C)(C)c1ccc(N(c2ccc(C(C)(C)C)cc2)c2cc3c4ccccc4c4cc(N(c5ccc(C(C)(C)C)cc5)c5ccc(C(C)(C)C)cc5)c5ccccc5c4c3c3ccccc23)cc1. The minimum absolute atomic E-state index is 0.0424. The first-order valence-corrected chi connectivity index (χ1v) is 24.5. The molecule has 0 atom stereocenters. The van der Waals surface area contributed by atoms with Crippen LogP contribution in [0.15, 0.2) is 182 Å². The zero-order valence-electron chi connectivity index (χ0n) is 42.2. The summed E-state index contributed by atoms with van der Waals surface area (Å²) in [4.78, 5) is 4.96. The maximum absolute atomic E-state index is 2.48. The van der Waals surface area contributed by atoms with Crippen LogP contribution in [0.2, 0.25) is 0 Å². The molecule has 0 aromatic heterocycles. The average molecular weight is 887 g/mol. The van der Waals surface area contributed by atoms with Crippen molar-refractivity contribution in [1.82, 2.24) is 0 Å². The summed E-state index contributed by atoms with van der Waals surface area (Å²) in [6, 6.07) is 69.2.